The molecule has 2 rings (SSSR count). The lowest BCUT2D eigenvalue weighted by Crippen LogP contribution is -2.16. The van der Waals surface area contributed by atoms with Crippen molar-refractivity contribution in [1.29, 1.82) is 0 Å². The van der Waals surface area contributed by atoms with Crippen molar-refractivity contribution in [2.45, 2.75) is 27.3 Å². The molecule has 1 N–H and O–H groups in total. The largest absolute Gasteiger partial charge is 0.475 e. The van der Waals surface area contributed by atoms with E-state index in [-0.39, 0.29) is 5.76 Å². The number of hydrogen-bond donors (Lipinski definition) is 1. The van der Waals surface area contributed by atoms with E-state index in [9.17, 15) is 4.79 Å². The molecule has 0 fully saturated rings. The number of nitrogens with zero attached hydrogens (tertiary/aromatic N) is 1. The van der Waals surface area contributed by atoms with Crippen LogP contribution >= 0.6 is 0 Å². The summed E-state index contributed by atoms with van der Waals surface area (Å²) in [5, 5.41) is 8.94. The zero-order valence-corrected chi connectivity index (χ0v) is 12.2. The first-order chi connectivity index (χ1) is 9.36. The predicted molar refractivity (Wildman–Crippen MR) is 78.4 cm³/mol. The van der Waals surface area contributed by atoms with Crippen LogP contribution in [0.5, 0.6) is 0 Å². The van der Waals surface area contributed by atoms with E-state index in [4.69, 9.17) is 9.52 Å². The summed E-state index contributed by atoms with van der Waals surface area (Å²) < 4.78 is 5.23. The van der Waals surface area contributed by atoms with Gasteiger partial charge in [0.05, 0.1) is 0 Å². The molecule has 1 aromatic heterocycles. The van der Waals surface area contributed by atoms with Gasteiger partial charge in [-0.2, -0.15) is 0 Å². The van der Waals surface area contributed by atoms with Gasteiger partial charge in [-0.3, -0.25) is 0 Å². The van der Waals surface area contributed by atoms with Gasteiger partial charge >= 0.3 is 5.97 Å². The van der Waals surface area contributed by atoms with Crippen molar-refractivity contribution < 1.29 is 14.3 Å². The maximum absolute atomic E-state index is 10.9. The van der Waals surface area contributed by atoms with Crippen LogP contribution in [0.2, 0.25) is 0 Å². The molecular weight excluding hydrogens is 254 g/mol. The van der Waals surface area contributed by atoms with Gasteiger partial charge in [-0.1, -0.05) is 6.07 Å². The third kappa shape index (κ3) is 3.02. The molecule has 0 saturated carbocycles. The van der Waals surface area contributed by atoms with E-state index in [1.54, 1.807) is 13.0 Å². The second-order valence-corrected chi connectivity index (χ2v) is 5.20. The van der Waals surface area contributed by atoms with Crippen molar-refractivity contribution in [3.8, 4) is 0 Å². The summed E-state index contributed by atoms with van der Waals surface area (Å²) >= 11 is 0. The third-order valence-corrected chi connectivity index (χ3v) is 3.29. The minimum Gasteiger partial charge on any atom is -0.475 e. The lowest BCUT2D eigenvalue weighted by molar-refractivity contribution is 0.0661. The Balaban J connectivity index is 2.23. The Morgan fingerprint density at radius 3 is 2.25 bits per heavy atom. The number of carboxylic acids is 1. The number of rotatable bonds is 4. The first-order valence-corrected chi connectivity index (χ1v) is 6.49. The lowest BCUT2D eigenvalue weighted by Gasteiger charge is -2.20. The van der Waals surface area contributed by atoms with E-state index in [0.717, 1.165) is 11.3 Å². The number of hydrogen-bond acceptors (Lipinski definition) is 3. The van der Waals surface area contributed by atoms with Crippen LogP contribution in [0.15, 0.2) is 28.7 Å². The number of carbonyl (C=O) groups is 1. The van der Waals surface area contributed by atoms with E-state index in [1.807, 2.05) is 7.05 Å². The zero-order valence-electron chi connectivity index (χ0n) is 12.2. The van der Waals surface area contributed by atoms with Crippen molar-refractivity contribution in [1.82, 2.24) is 0 Å². The molecule has 0 amide bonds. The molecule has 106 valence electrons. The average Bonchev–Trinajstić information content (AvgIpc) is 2.70. The summed E-state index contributed by atoms with van der Waals surface area (Å²) in [5.41, 5.74) is 4.42. The van der Waals surface area contributed by atoms with Crippen LogP contribution < -0.4 is 4.90 Å². The Hall–Kier alpha value is -2.23. The average molecular weight is 273 g/mol. The second-order valence-electron chi connectivity index (χ2n) is 5.20. The quantitative estimate of drug-likeness (QED) is 0.925. The summed E-state index contributed by atoms with van der Waals surface area (Å²) in [6.07, 6.45) is 0. The lowest BCUT2D eigenvalue weighted by atomic mass is 10.1. The fourth-order valence-electron chi connectivity index (χ4n) is 2.30. The Labute approximate surface area is 118 Å². The molecule has 0 atom stereocenters. The standard InChI is InChI=1S/C16H19NO3/c1-10-5-11(2)7-14(6-10)17(4)9-13-8-15(16(18)19)20-12(13)3/h5-8H,9H2,1-4H3,(H,18,19). The van der Waals surface area contributed by atoms with Crippen molar-refractivity contribution in [2.75, 3.05) is 11.9 Å². The number of benzene rings is 1. The fourth-order valence-corrected chi connectivity index (χ4v) is 2.30. The van der Waals surface area contributed by atoms with Gasteiger partial charge in [0.25, 0.3) is 0 Å². The Morgan fingerprint density at radius 1 is 1.15 bits per heavy atom. The molecule has 0 aliphatic rings. The molecule has 2 aromatic rings. The highest BCUT2D eigenvalue weighted by molar-refractivity contribution is 5.84. The van der Waals surface area contributed by atoms with E-state index >= 15 is 0 Å². The molecule has 0 bridgehead atoms. The minimum absolute atomic E-state index is 0.00803. The van der Waals surface area contributed by atoms with Crippen molar-refractivity contribution in [2.24, 2.45) is 0 Å². The highest BCUT2D eigenvalue weighted by Gasteiger charge is 2.14. The molecule has 4 heteroatoms. The molecule has 0 radical (unpaired) electrons. The van der Waals surface area contributed by atoms with Crippen molar-refractivity contribution in [3.63, 3.8) is 0 Å². The molecule has 0 saturated heterocycles. The van der Waals surface area contributed by atoms with Gasteiger partial charge < -0.3 is 14.4 Å². The highest BCUT2D eigenvalue weighted by Crippen LogP contribution is 2.22. The van der Waals surface area contributed by atoms with Gasteiger partial charge in [-0.15, -0.1) is 0 Å². The number of carboxylic acid groups (broad SMARTS) is 1. The summed E-state index contributed by atoms with van der Waals surface area (Å²) in [5.74, 6) is -0.390. The maximum Gasteiger partial charge on any atom is 0.371 e. The number of furan rings is 1. The number of aryl methyl sites for hydroxylation is 3. The van der Waals surface area contributed by atoms with Crippen LogP contribution in [-0.4, -0.2) is 18.1 Å². The first-order valence-electron chi connectivity index (χ1n) is 6.49. The molecule has 0 aliphatic carbocycles. The van der Waals surface area contributed by atoms with Crippen molar-refractivity contribution in [3.05, 3.63) is 52.5 Å². The van der Waals surface area contributed by atoms with Crippen molar-refractivity contribution >= 4 is 11.7 Å². The number of aromatic carboxylic acids is 1. The molecule has 0 spiro atoms. The second kappa shape index (κ2) is 5.41. The van der Waals surface area contributed by atoms with Crippen LogP contribution in [0.1, 0.15) is 33.0 Å². The first kappa shape index (κ1) is 14.2. The topological polar surface area (TPSA) is 53.7 Å². The number of anilines is 1. The van der Waals surface area contributed by atoms with E-state index in [2.05, 4.69) is 36.9 Å². The SMILES string of the molecule is Cc1cc(C)cc(N(C)Cc2cc(C(=O)O)oc2C)c1. The predicted octanol–water partition coefficient (Wildman–Crippen LogP) is 3.54. The van der Waals surface area contributed by atoms with Crippen LogP contribution in [0, 0.1) is 20.8 Å². The van der Waals surface area contributed by atoms with Crippen LogP contribution in [-0.2, 0) is 6.54 Å². The summed E-state index contributed by atoms with van der Waals surface area (Å²) in [6.45, 7) is 6.54. The molecular formula is C16H19NO3. The zero-order chi connectivity index (χ0) is 14.9. The summed E-state index contributed by atoms with van der Waals surface area (Å²) in [6, 6.07) is 7.95. The van der Waals surface area contributed by atoms with Crippen LogP contribution in [0.25, 0.3) is 0 Å². The molecule has 0 aliphatic heterocycles. The van der Waals surface area contributed by atoms with Gasteiger partial charge in [0.1, 0.15) is 5.76 Å². The smallest absolute Gasteiger partial charge is 0.371 e. The normalized spacial score (nSPS) is 10.6. The third-order valence-electron chi connectivity index (χ3n) is 3.29. The van der Waals surface area contributed by atoms with Gasteiger partial charge in [0.15, 0.2) is 0 Å². The maximum atomic E-state index is 10.9. The van der Waals surface area contributed by atoms with E-state index < -0.39 is 5.97 Å². The molecule has 20 heavy (non-hydrogen) atoms. The van der Waals surface area contributed by atoms with Crippen LogP contribution in [0.3, 0.4) is 0 Å². The summed E-state index contributed by atoms with van der Waals surface area (Å²) in [7, 11) is 1.99. The molecule has 0 unspecified atom stereocenters. The Bertz CT molecular complexity index is 623. The molecule has 1 aromatic carbocycles. The van der Waals surface area contributed by atoms with Gasteiger partial charge in [0.2, 0.25) is 5.76 Å². The monoisotopic (exact) mass is 273 g/mol. The fraction of sp³-hybridized carbons (Fsp3) is 0.312. The highest BCUT2D eigenvalue weighted by atomic mass is 16.4. The molecule has 1 heterocycles. The molecule has 4 nitrogen and oxygen atoms in total. The van der Waals surface area contributed by atoms with Gasteiger partial charge in [0, 0.05) is 24.8 Å². The summed E-state index contributed by atoms with van der Waals surface area (Å²) in [4.78, 5) is 13.0. The van der Waals surface area contributed by atoms with Gasteiger partial charge in [-0.05, 0) is 50.1 Å². The van der Waals surface area contributed by atoms with Gasteiger partial charge in [-0.25, -0.2) is 4.79 Å². The minimum atomic E-state index is -1.03. The Morgan fingerprint density at radius 2 is 1.75 bits per heavy atom. The van der Waals surface area contributed by atoms with E-state index in [1.165, 1.54) is 11.1 Å². The van der Waals surface area contributed by atoms with E-state index in [0.29, 0.717) is 12.3 Å². The van der Waals surface area contributed by atoms with Crippen LogP contribution in [0.4, 0.5) is 5.69 Å². The Kier molecular flexibility index (Phi) is 3.84.